The molecule has 0 aromatic heterocycles. The van der Waals surface area contributed by atoms with Crippen LogP contribution in [0.4, 0.5) is 0 Å². The van der Waals surface area contributed by atoms with Gasteiger partial charge in [0.05, 0.1) is 0 Å². The SMILES string of the molecule is C.N.P.[Zr]. The van der Waals surface area contributed by atoms with Gasteiger partial charge in [-0.25, -0.2) is 0 Å². The second kappa shape index (κ2) is 28.2. The van der Waals surface area contributed by atoms with Crippen LogP contribution in [0.25, 0.3) is 0 Å². The van der Waals surface area contributed by atoms with Crippen LogP contribution in [0, 0.1) is 0 Å². The molecule has 0 fully saturated rings. The van der Waals surface area contributed by atoms with Gasteiger partial charge in [-0.1, -0.05) is 7.43 Å². The van der Waals surface area contributed by atoms with Gasteiger partial charge in [0, 0.05) is 26.2 Å². The summed E-state index contributed by atoms with van der Waals surface area (Å²) in [6.45, 7) is 0. The van der Waals surface area contributed by atoms with E-state index in [1.54, 1.807) is 0 Å². The maximum absolute atomic E-state index is 0. The third-order valence-corrected chi connectivity index (χ3v) is 0. The fourth-order valence-corrected chi connectivity index (χ4v) is 0. The van der Waals surface area contributed by atoms with Gasteiger partial charge in [-0.15, -0.1) is 0 Å². The van der Waals surface area contributed by atoms with Crippen molar-refractivity contribution in [1.82, 2.24) is 6.15 Å². The number of hydrogen-bond donors (Lipinski definition) is 1. The minimum atomic E-state index is 0. The summed E-state index contributed by atoms with van der Waals surface area (Å²) in [5, 5.41) is 0. The van der Waals surface area contributed by atoms with E-state index in [9.17, 15) is 0 Å². The normalized spacial score (nSPS) is 0. The summed E-state index contributed by atoms with van der Waals surface area (Å²) in [4.78, 5) is 0. The Labute approximate surface area is 49.9 Å². The van der Waals surface area contributed by atoms with Gasteiger partial charge in [-0.05, 0) is 0 Å². The molecule has 0 amide bonds. The molecule has 0 radical (unpaired) electrons. The molecule has 1 nitrogen and oxygen atoms in total. The molecule has 0 saturated heterocycles. The van der Waals surface area contributed by atoms with Crippen molar-refractivity contribution in [1.29, 1.82) is 0 Å². The first-order valence-corrected chi connectivity index (χ1v) is 0. The Morgan fingerprint density at radius 2 is 1.00 bits per heavy atom. The van der Waals surface area contributed by atoms with Crippen molar-refractivity contribution in [2.45, 2.75) is 7.43 Å². The standard InChI is InChI=1S/CH4.H3N.H3P.Zr/h1H4;2*1H3;. The molecular weight excluding hydrogens is 148 g/mol. The van der Waals surface area contributed by atoms with Crippen LogP contribution in [0.1, 0.15) is 7.43 Å². The van der Waals surface area contributed by atoms with E-state index in [2.05, 4.69) is 0 Å². The molecule has 1 atom stereocenters. The van der Waals surface area contributed by atoms with Gasteiger partial charge in [0.1, 0.15) is 0 Å². The van der Waals surface area contributed by atoms with Crippen molar-refractivity contribution < 1.29 is 26.2 Å². The third-order valence-electron chi connectivity index (χ3n) is 0. The molecule has 1 unspecified atom stereocenters. The van der Waals surface area contributed by atoms with Gasteiger partial charge in [0.15, 0.2) is 0 Å². The molecule has 0 bridgehead atoms. The summed E-state index contributed by atoms with van der Waals surface area (Å²) >= 11 is 0. The molecule has 0 spiro atoms. The van der Waals surface area contributed by atoms with Gasteiger partial charge in [0.25, 0.3) is 0 Å². The van der Waals surface area contributed by atoms with E-state index in [1.165, 1.54) is 0 Å². The third kappa shape index (κ3) is 10.4. The van der Waals surface area contributed by atoms with Crippen LogP contribution in [0.15, 0.2) is 0 Å². The van der Waals surface area contributed by atoms with Crippen LogP contribution in [-0.4, -0.2) is 0 Å². The zero-order chi connectivity index (χ0) is 0. The molecule has 0 rings (SSSR count). The van der Waals surface area contributed by atoms with Gasteiger partial charge in [-0.3, -0.25) is 0 Å². The molecule has 0 aliphatic carbocycles. The zero-order valence-electron chi connectivity index (χ0n) is 1.91. The molecule has 0 aliphatic heterocycles. The van der Waals surface area contributed by atoms with Gasteiger partial charge in [0.2, 0.25) is 0 Å². The minimum Gasteiger partial charge on any atom is -0.344 e. The Kier molecular flexibility index (Phi) is 419. The molecule has 0 aromatic rings. The van der Waals surface area contributed by atoms with E-state index in [1.807, 2.05) is 0 Å². The molecule has 4 heavy (non-hydrogen) atoms. The van der Waals surface area contributed by atoms with Crippen molar-refractivity contribution in [3.8, 4) is 0 Å². The molecule has 0 aromatic carbocycles. The van der Waals surface area contributed by atoms with Gasteiger partial charge < -0.3 is 6.15 Å². The largest absolute Gasteiger partial charge is 0.344 e. The van der Waals surface area contributed by atoms with Crippen molar-refractivity contribution in [2.24, 2.45) is 0 Å². The van der Waals surface area contributed by atoms with Crippen LogP contribution in [0.5, 0.6) is 0 Å². The first kappa shape index (κ1) is 59.4. The van der Waals surface area contributed by atoms with E-state index < -0.39 is 0 Å². The van der Waals surface area contributed by atoms with Crippen molar-refractivity contribution >= 4 is 9.90 Å². The van der Waals surface area contributed by atoms with Crippen LogP contribution < -0.4 is 6.15 Å². The molecule has 0 aliphatic rings. The minimum absolute atomic E-state index is 0. The Balaban J connectivity index is 0. The topological polar surface area (TPSA) is 35.0 Å². The predicted molar refractivity (Wildman–Crippen MR) is 22.9 cm³/mol. The fraction of sp³-hybridized carbons (Fsp3) is 1.00. The molecular formula is CH10NPZr. The number of rotatable bonds is 0. The summed E-state index contributed by atoms with van der Waals surface area (Å²) in [7, 11) is 0. The Morgan fingerprint density at radius 3 is 1.00 bits per heavy atom. The van der Waals surface area contributed by atoms with E-state index in [0.717, 1.165) is 0 Å². The summed E-state index contributed by atoms with van der Waals surface area (Å²) in [6.07, 6.45) is 0. The molecule has 28 valence electrons. The first-order valence-electron chi connectivity index (χ1n) is 0. The van der Waals surface area contributed by atoms with Crippen molar-refractivity contribution in [3.05, 3.63) is 0 Å². The second-order valence-electron chi connectivity index (χ2n) is 0. The summed E-state index contributed by atoms with van der Waals surface area (Å²) in [6, 6.07) is 0. The molecule has 3 heteroatoms. The van der Waals surface area contributed by atoms with E-state index in [0.29, 0.717) is 0 Å². The maximum Gasteiger partial charge on any atom is 0 e. The number of hydrogen-bond acceptors (Lipinski definition) is 1. The van der Waals surface area contributed by atoms with Crippen LogP contribution in [-0.2, 0) is 26.2 Å². The maximum atomic E-state index is 0. The van der Waals surface area contributed by atoms with Gasteiger partial charge >= 0.3 is 0 Å². The van der Waals surface area contributed by atoms with E-state index in [-0.39, 0.29) is 49.7 Å². The Hall–Kier alpha value is 1.27. The van der Waals surface area contributed by atoms with E-state index in [4.69, 9.17) is 0 Å². The fourth-order valence-electron chi connectivity index (χ4n) is 0. The Bertz CT molecular complexity index is 8.00. The average molecular weight is 158 g/mol. The predicted octanol–water partition coefficient (Wildman–Crippen LogP) is 0.854. The summed E-state index contributed by atoms with van der Waals surface area (Å²) < 4.78 is 0. The second-order valence-corrected chi connectivity index (χ2v) is 0. The Morgan fingerprint density at radius 1 is 1.00 bits per heavy atom. The van der Waals surface area contributed by atoms with Crippen molar-refractivity contribution in [3.63, 3.8) is 0 Å². The van der Waals surface area contributed by atoms with Crippen LogP contribution in [0.3, 0.4) is 0 Å². The monoisotopic (exact) mass is 157 g/mol. The molecule has 3 N–H and O–H groups in total. The van der Waals surface area contributed by atoms with E-state index >= 15 is 0 Å². The van der Waals surface area contributed by atoms with Gasteiger partial charge in [-0.2, -0.15) is 9.90 Å². The zero-order valence-corrected chi connectivity index (χ0v) is 5.79. The molecule has 0 heterocycles. The van der Waals surface area contributed by atoms with Crippen LogP contribution >= 0.6 is 9.90 Å². The summed E-state index contributed by atoms with van der Waals surface area (Å²) in [5.74, 6) is 0. The summed E-state index contributed by atoms with van der Waals surface area (Å²) in [5.41, 5.74) is 0. The molecule has 0 saturated carbocycles. The smallest absolute Gasteiger partial charge is 0 e. The average Bonchev–Trinajstić information content (AvgIpc) is 0. The van der Waals surface area contributed by atoms with Crippen LogP contribution in [0.2, 0.25) is 0 Å². The van der Waals surface area contributed by atoms with Crippen molar-refractivity contribution in [2.75, 3.05) is 0 Å². The quantitative estimate of drug-likeness (QED) is 0.521. The first-order chi connectivity index (χ1) is 0.